The van der Waals surface area contributed by atoms with Crippen molar-refractivity contribution >= 4 is 23.5 Å². The van der Waals surface area contributed by atoms with E-state index in [2.05, 4.69) is 20.4 Å². The van der Waals surface area contributed by atoms with E-state index in [-0.39, 0.29) is 17.6 Å². The van der Waals surface area contributed by atoms with Crippen molar-refractivity contribution in [2.75, 3.05) is 5.32 Å². The van der Waals surface area contributed by atoms with Crippen LogP contribution in [0.4, 0.5) is 10.3 Å². The Balaban J connectivity index is 1.50. The molecular weight excluding hydrogens is 389 g/mol. The number of thioether (sulfide) groups is 1. The first kappa shape index (κ1) is 18.1. The summed E-state index contributed by atoms with van der Waals surface area (Å²) in [7, 11) is 0. The number of Topliss-reactive ketones (excluding diaryl/α,β-unsaturated/α-hetero) is 1. The molecule has 0 saturated heterocycles. The van der Waals surface area contributed by atoms with E-state index in [0.717, 1.165) is 29.7 Å². The zero-order chi connectivity index (χ0) is 19.8. The third kappa shape index (κ3) is 3.33. The molecule has 1 aromatic carbocycles. The first-order chi connectivity index (χ1) is 14.2. The Hall–Kier alpha value is -3.00. The van der Waals surface area contributed by atoms with Crippen LogP contribution in [0.2, 0.25) is 0 Å². The fourth-order valence-corrected chi connectivity index (χ4v) is 4.62. The third-order valence-electron chi connectivity index (χ3n) is 5.16. The number of halogens is 1. The molecule has 0 saturated carbocycles. The molecule has 2 aliphatic rings. The van der Waals surface area contributed by atoms with E-state index in [9.17, 15) is 9.18 Å². The molecule has 0 radical (unpaired) electrons. The monoisotopic (exact) mass is 407 g/mol. The summed E-state index contributed by atoms with van der Waals surface area (Å²) in [6, 6.07) is 10.2. The summed E-state index contributed by atoms with van der Waals surface area (Å²) >= 11 is 1.37. The molecular formula is C21H18FN5OS. The first-order valence-corrected chi connectivity index (χ1v) is 10.4. The van der Waals surface area contributed by atoms with Crippen LogP contribution < -0.4 is 5.32 Å². The van der Waals surface area contributed by atoms with Crippen LogP contribution in [0.3, 0.4) is 0 Å². The van der Waals surface area contributed by atoms with Gasteiger partial charge in [-0.15, -0.1) is 5.10 Å². The number of nitrogens with one attached hydrogen (secondary N) is 1. The number of carbonyl (C=O) groups is 1. The number of pyridine rings is 1. The van der Waals surface area contributed by atoms with Crippen LogP contribution in [0.15, 0.2) is 65.2 Å². The quantitative estimate of drug-likeness (QED) is 0.656. The fraction of sp³-hybridized carbons (Fsp3) is 0.238. The summed E-state index contributed by atoms with van der Waals surface area (Å²) in [5, 5.41) is 8.49. The van der Waals surface area contributed by atoms with E-state index in [1.807, 2.05) is 18.2 Å². The van der Waals surface area contributed by atoms with Crippen molar-refractivity contribution in [3.8, 4) is 0 Å². The topological polar surface area (TPSA) is 72.7 Å². The lowest BCUT2D eigenvalue weighted by Gasteiger charge is -2.31. The van der Waals surface area contributed by atoms with Gasteiger partial charge in [-0.25, -0.2) is 9.07 Å². The number of carbonyl (C=O) groups excluding carboxylic acids is 1. The van der Waals surface area contributed by atoms with Gasteiger partial charge in [-0.1, -0.05) is 36.0 Å². The maximum absolute atomic E-state index is 13.9. The van der Waals surface area contributed by atoms with Crippen LogP contribution >= 0.6 is 11.8 Å². The number of allylic oxidation sites excluding steroid dienone is 2. The van der Waals surface area contributed by atoms with E-state index < -0.39 is 0 Å². The van der Waals surface area contributed by atoms with Crippen LogP contribution in [0.5, 0.6) is 0 Å². The molecule has 2 aromatic heterocycles. The van der Waals surface area contributed by atoms with Crippen molar-refractivity contribution in [1.29, 1.82) is 0 Å². The number of benzene rings is 1. The summed E-state index contributed by atoms with van der Waals surface area (Å²) in [5.41, 5.74) is 3.16. The van der Waals surface area contributed by atoms with Gasteiger partial charge in [-0.2, -0.15) is 4.98 Å². The summed E-state index contributed by atoms with van der Waals surface area (Å²) in [6.07, 6.45) is 5.65. The Morgan fingerprint density at radius 1 is 1.21 bits per heavy atom. The lowest BCUT2D eigenvalue weighted by molar-refractivity contribution is -0.116. The summed E-state index contributed by atoms with van der Waals surface area (Å²) in [5.74, 6) is 0.926. The van der Waals surface area contributed by atoms with Gasteiger partial charge in [0.2, 0.25) is 11.1 Å². The smallest absolute Gasteiger partial charge is 0.227 e. The Morgan fingerprint density at radius 3 is 2.93 bits per heavy atom. The van der Waals surface area contributed by atoms with Crippen molar-refractivity contribution in [1.82, 2.24) is 19.7 Å². The van der Waals surface area contributed by atoms with Gasteiger partial charge in [0, 0.05) is 35.8 Å². The van der Waals surface area contributed by atoms with Gasteiger partial charge in [0.25, 0.3) is 0 Å². The Bertz CT molecular complexity index is 1110. The van der Waals surface area contributed by atoms with Crippen molar-refractivity contribution in [3.05, 3.63) is 77.0 Å². The molecule has 3 aromatic rings. The highest BCUT2D eigenvalue weighted by molar-refractivity contribution is 7.98. The minimum Gasteiger partial charge on any atom is -0.328 e. The molecule has 1 N–H and O–H groups in total. The number of aromatic nitrogens is 4. The molecule has 1 unspecified atom stereocenters. The maximum atomic E-state index is 13.9. The third-order valence-corrected chi connectivity index (χ3v) is 6.05. The van der Waals surface area contributed by atoms with Crippen molar-refractivity contribution in [2.45, 2.75) is 36.2 Å². The van der Waals surface area contributed by atoms with Gasteiger partial charge in [-0.3, -0.25) is 9.78 Å². The molecule has 0 spiro atoms. The molecule has 6 nitrogen and oxygen atoms in total. The SMILES string of the molecule is O=C1CCCC2=C1C(c1cccnc1)n1nc(SCc3ccccc3F)nc1N2. The van der Waals surface area contributed by atoms with Gasteiger partial charge in [0.15, 0.2) is 5.78 Å². The second-order valence-corrected chi connectivity index (χ2v) is 7.97. The zero-order valence-corrected chi connectivity index (χ0v) is 16.3. The largest absolute Gasteiger partial charge is 0.328 e. The fourth-order valence-electron chi connectivity index (χ4n) is 3.80. The van der Waals surface area contributed by atoms with Crippen molar-refractivity contribution < 1.29 is 9.18 Å². The predicted molar refractivity (Wildman–Crippen MR) is 108 cm³/mol. The van der Waals surface area contributed by atoms with Gasteiger partial charge in [0.1, 0.15) is 11.9 Å². The van der Waals surface area contributed by atoms with Crippen molar-refractivity contribution in [3.63, 3.8) is 0 Å². The molecule has 5 rings (SSSR count). The van der Waals surface area contributed by atoms with Gasteiger partial charge in [0.05, 0.1) is 0 Å². The molecule has 1 aliphatic heterocycles. The van der Waals surface area contributed by atoms with Crippen LogP contribution in [0, 0.1) is 5.82 Å². The number of ketones is 1. The highest BCUT2D eigenvalue weighted by atomic mass is 32.2. The second kappa shape index (κ2) is 7.44. The van der Waals surface area contributed by atoms with Gasteiger partial charge in [-0.05, 0) is 36.1 Å². The van der Waals surface area contributed by atoms with Gasteiger partial charge >= 0.3 is 0 Å². The highest BCUT2D eigenvalue weighted by Gasteiger charge is 2.36. The minimum absolute atomic E-state index is 0.134. The molecule has 29 heavy (non-hydrogen) atoms. The average molecular weight is 407 g/mol. The van der Waals surface area contributed by atoms with Crippen molar-refractivity contribution in [2.24, 2.45) is 0 Å². The van der Waals surface area contributed by atoms with Crippen LogP contribution in [0.1, 0.15) is 36.4 Å². The molecule has 1 atom stereocenters. The Kier molecular flexibility index (Phi) is 4.63. The van der Waals surface area contributed by atoms with Crippen LogP contribution in [-0.4, -0.2) is 25.5 Å². The molecule has 0 amide bonds. The Morgan fingerprint density at radius 2 is 2.10 bits per heavy atom. The molecule has 8 heteroatoms. The molecule has 3 heterocycles. The van der Waals surface area contributed by atoms with E-state index in [1.54, 1.807) is 29.2 Å². The summed E-state index contributed by atoms with van der Waals surface area (Å²) in [4.78, 5) is 21.6. The number of rotatable bonds is 4. The number of hydrogen-bond acceptors (Lipinski definition) is 6. The standard InChI is InChI=1S/C21H18FN5OS/c22-15-7-2-1-5-14(15)12-29-21-25-20-24-16-8-3-9-17(28)18(16)19(27(20)26-21)13-6-4-10-23-11-13/h1-2,4-7,10-11,19H,3,8-9,12H2,(H,24,25,26). The molecule has 0 bridgehead atoms. The second-order valence-electron chi connectivity index (χ2n) is 7.03. The lowest BCUT2D eigenvalue weighted by Crippen LogP contribution is -2.31. The average Bonchev–Trinajstić information content (AvgIpc) is 3.15. The molecule has 146 valence electrons. The van der Waals surface area contributed by atoms with E-state index in [0.29, 0.717) is 28.8 Å². The zero-order valence-electron chi connectivity index (χ0n) is 15.5. The van der Waals surface area contributed by atoms with Gasteiger partial charge < -0.3 is 5.32 Å². The van der Waals surface area contributed by atoms with E-state index in [4.69, 9.17) is 0 Å². The minimum atomic E-state index is -0.349. The summed E-state index contributed by atoms with van der Waals surface area (Å²) < 4.78 is 15.7. The van der Waals surface area contributed by atoms with Crippen LogP contribution in [-0.2, 0) is 10.5 Å². The first-order valence-electron chi connectivity index (χ1n) is 9.46. The lowest BCUT2D eigenvalue weighted by atomic mass is 9.86. The predicted octanol–water partition coefficient (Wildman–Crippen LogP) is 4.13. The van der Waals surface area contributed by atoms with E-state index >= 15 is 0 Å². The number of fused-ring (bicyclic) bond motifs is 1. The Labute approximate surface area is 171 Å². The number of anilines is 1. The number of nitrogens with zero attached hydrogens (tertiary/aromatic N) is 4. The van der Waals surface area contributed by atoms with Crippen LogP contribution in [0.25, 0.3) is 0 Å². The maximum Gasteiger partial charge on any atom is 0.227 e. The number of hydrogen-bond donors (Lipinski definition) is 1. The molecule has 1 aliphatic carbocycles. The molecule has 0 fully saturated rings. The normalized spacial score (nSPS) is 18.2. The van der Waals surface area contributed by atoms with E-state index in [1.165, 1.54) is 17.8 Å². The highest BCUT2D eigenvalue weighted by Crippen LogP contribution is 2.40. The summed E-state index contributed by atoms with van der Waals surface area (Å²) in [6.45, 7) is 0.